The smallest absolute Gasteiger partial charge is 0.123 e. The van der Waals surface area contributed by atoms with Crippen LogP contribution in [0.1, 0.15) is 24.2 Å². The summed E-state index contributed by atoms with van der Waals surface area (Å²) in [5.74, 6) is 0. The lowest BCUT2D eigenvalue weighted by Crippen LogP contribution is -2.83. The summed E-state index contributed by atoms with van der Waals surface area (Å²) in [6.45, 7) is 3.05. The molecule has 23 heavy (non-hydrogen) atoms. The summed E-state index contributed by atoms with van der Waals surface area (Å²) in [6.07, 6.45) is 0. The van der Waals surface area contributed by atoms with Crippen LogP contribution >= 0.6 is 34.5 Å². The number of quaternary nitrogens is 1. The SMILES string of the molecule is C[C@H]([NH2+]Cc1csc(-c2ccc(Cl)cc2)n1)c1ccc(Cl)cc1. The van der Waals surface area contributed by atoms with E-state index in [9.17, 15) is 0 Å². The molecule has 0 aliphatic carbocycles. The zero-order valence-corrected chi connectivity index (χ0v) is 15.0. The van der Waals surface area contributed by atoms with E-state index in [2.05, 4.69) is 29.8 Å². The van der Waals surface area contributed by atoms with E-state index in [4.69, 9.17) is 28.2 Å². The van der Waals surface area contributed by atoms with Gasteiger partial charge >= 0.3 is 0 Å². The van der Waals surface area contributed by atoms with Gasteiger partial charge < -0.3 is 5.32 Å². The molecule has 2 aromatic carbocycles. The number of hydrogen-bond donors (Lipinski definition) is 1. The third-order valence-corrected chi connectivity index (χ3v) is 5.16. The highest BCUT2D eigenvalue weighted by molar-refractivity contribution is 7.13. The molecule has 2 nitrogen and oxygen atoms in total. The topological polar surface area (TPSA) is 29.5 Å². The quantitative estimate of drug-likeness (QED) is 0.683. The molecular weight excluding hydrogens is 347 g/mol. The molecule has 0 aliphatic heterocycles. The molecular formula is C18H17Cl2N2S+. The number of benzene rings is 2. The number of hydrogen-bond acceptors (Lipinski definition) is 2. The van der Waals surface area contributed by atoms with Crippen molar-refractivity contribution in [3.8, 4) is 10.6 Å². The number of halogens is 2. The molecule has 1 atom stereocenters. The van der Waals surface area contributed by atoms with Gasteiger partial charge in [0.1, 0.15) is 23.3 Å². The summed E-state index contributed by atoms with van der Waals surface area (Å²) < 4.78 is 0. The van der Waals surface area contributed by atoms with Crippen molar-refractivity contribution in [1.82, 2.24) is 4.98 Å². The van der Waals surface area contributed by atoms with E-state index in [1.165, 1.54) is 5.56 Å². The molecule has 0 amide bonds. The van der Waals surface area contributed by atoms with Crippen molar-refractivity contribution in [2.75, 3.05) is 0 Å². The second-order valence-corrected chi connectivity index (χ2v) is 7.16. The fourth-order valence-electron chi connectivity index (χ4n) is 2.33. The normalized spacial score (nSPS) is 12.3. The molecule has 0 aliphatic rings. The van der Waals surface area contributed by atoms with E-state index in [0.717, 1.165) is 32.9 Å². The molecule has 3 aromatic rings. The summed E-state index contributed by atoms with van der Waals surface area (Å²) >= 11 is 13.5. The van der Waals surface area contributed by atoms with Crippen LogP contribution in [-0.2, 0) is 6.54 Å². The Morgan fingerprint density at radius 3 is 2.26 bits per heavy atom. The Kier molecular flexibility index (Phi) is 5.34. The third kappa shape index (κ3) is 4.33. The van der Waals surface area contributed by atoms with Crippen molar-refractivity contribution in [1.29, 1.82) is 0 Å². The van der Waals surface area contributed by atoms with E-state index < -0.39 is 0 Å². The molecule has 3 rings (SSSR count). The number of thiazole rings is 1. The van der Waals surface area contributed by atoms with E-state index in [-0.39, 0.29) is 0 Å². The molecule has 118 valence electrons. The van der Waals surface area contributed by atoms with Gasteiger partial charge in [-0.25, -0.2) is 4.98 Å². The molecule has 0 spiro atoms. The number of nitrogens with zero attached hydrogens (tertiary/aromatic N) is 1. The van der Waals surface area contributed by atoms with Crippen LogP contribution in [0, 0.1) is 0 Å². The van der Waals surface area contributed by atoms with Gasteiger partial charge in [0.05, 0.1) is 0 Å². The van der Waals surface area contributed by atoms with Gasteiger partial charge in [0.15, 0.2) is 0 Å². The molecule has 2 N–H and O–H groups in total. The van der Waals surface area contributed by atoms with E-state index in [1.54, 1.807) is 11.3 Å². The van der Waals surface area contributed by atoms with Crippen LogP contribution in [0.3, 0.4) is 0 Å². The first-order valence-corrected chi connectivity index (χ1v) is 9.04. The lowest BCUT2D eigenvalue weighted by molar-refractivity contribution is -0.708. The molecule has 1 heterocycles. The van der Waals surface area contributed by atoms with E-state index in [0.29, 0.717) is 6.04 Å². The standard InChI is InChI=1S/C18H16Cl2N2S/c1-12(13-2-6-15(19)7-3-13)21-10-17-11-23-18(22-17)14-4-8-16(20)9-5-14/h2-9,11-12,21H,10H2,1H3/p+1/t12-/m0/s1. The maximum Gasteiger partial charge on any atom is 0.123 e. The minimum Gasteiger partial charge on any atom is -0.335 e. The molecule has 0 saturated carbocycles. The summed E-state index contributed by atoms with van der Waals surface area (Å²) in [7, 11) is 0. The molecule has 0 unspecified atom stereocenters. The Balaban J connectivity index is 1.63. The van der Waals surface area contributed by atoms with Gasteiger partial charge in [-0.1, -0.05) is 47.5 Å². The Labute approximate surface area is 150 Å². The lowest BCUT2D eigenvalue weighted by Gasteiger charge is -2.10. The first-order chi connectivity index (χ1) is 11.1. The van der Waals surface area contributed by atoms with Crippen molar-refractivity contribution < 1.29 is 5.32 Å². The maximum atomic E-state index is 5.93. The number of nitrogens with two attached hydrogens (primary N) is 1. The Hall–Kier alpha value is -1.39. The number of aromatic nitrogens is 1. The Morgan fingerprint density at radius 1 is 1.00 bits per heavy atom. The lowest BCUT2D eigenvalue weighted by atomic mass is 10.1. The molecule has 0 saturated heterocycles. The van der Waals surface area contributed by atoms with Gasteiger partial charge in [-0.15, -0.1) is 11.3 Å². The molecule has 1 aromatic heterocycles. The highest BCUT2D eigenvalue weighted by Crippen LogP contribution is 2.25. The number of rotatable bonds is 5. The maximum absolute atomic E-state index is 5.93. The second kappa shape index (κ2) is 7.45. The predicted molar refractivity (Wildman–Crippen MR) is 98.1 cm³/mol. The van der Waals surface area contributed by atoms with Gasteiger partial charge in [0.25, 0.3) is 0 Å². The second-order valence-electron chi connectivity index (χ2n) is 5.43. The van der Waals surface area contributed by atoms with Gasteiger partial charge in [-0.05, 0) is 31.2 Å². The zero-order chi connectivity index (χ0) is 16.2. The Morgan fingerprint density at radius 2 is 1.61 bits per heavy atom. The van der Waals surface area contributed by atoms with Crippen molar-refractivity contribution in [2.45, 2.75) is 19.5 Å². The van der Waals surface area contributed by atoms with Crippen molar-refractivity contribution in [3.63, 3.8) is 0 Å². The van der Waals surface area contributed by atoms with Crippen LogP contribution < -0.4 is 5.32 Å². The minimum absolute atomic E-state index is 0.368. The van der Waals surface area contributed by atoms with Gasteiger partial charge in [0, 0.05) is 26.6 Å². The molecule has 0 fully saturated rings. The van der Waals surface area contributed by atoms with Crippen molar-refractivity contribution in [2.24, 2.45) is 0 Å². The zero-order valence-electron chi connectivity index (χ0n) is 12.7. The van der Waals surface area contributed by atoms with Gasteiger partial charge in [-0.3, -0.25) is 0 Å². The summed E-state index contributed by atoms with van der Waals surface area (Å²) in [4.78, 5) is 4.71. The van der Waals surface area contributed by atoms with Gasteiger partial charge in [0.2, 0.25) is 0 Å². The summed E-state index contributed by atoms with van der Waals surface area (Å²) in [5, 5.41) is 6.95. The minimum atomic E-state index is 0.368. The third-order valence-electron chi connectivity index (χ3n) is 3.72. The molecule has 0 radical (unpaired) electrons. The fraction of sp³-hybridized carbons (Fsp3) is 0.167. The van der Waals surface area contributed by atoms with Crippen LogP contribution in [0.4, 0.5) is 0 Å². The van der Waals surface area contributed by atoms with Crippen molar-refractivity contribution in [3.05, 3.63) is 75.2 Å². The predicted octanol–water partition coefficient (Wildman–Crippen LogP) is 4.94. The highest BCUT2D eigenvalue weighted by atomic mass is 35.5. The first kappa shape index (κ1) is 16.5. The highest BCUT2D eigenvalue weighted by Gasteiger charge is 2.11. The van der Waals surface area contributed by atoms with E-state index in [1.807, 2.05) is 36.4 Å². The monoisotopic (exact) mass is 363 g/mol. The van der Waals surface area contributed by atoms with Crippen LogP contribution in [-0.4, -0.2) is 4.98 Å². The van der Waals surface area contributed by atoms with Gasteiger partial charge in [-0.2, -0.15) is 0 Å². The summed E-state index contributed by atoms with van der Waals surface area (Å²) in [6, 6.07) is 16.2. The average Bonchev–Trinajstić information content (AvgIpc) is 3.03. The average molecular weight is 364 g/mol. The fourth-order valence-corrected chi connectivity index (χ4v) is 3.42. The van der Waals surface area contributed by atoms with Crippen LogP contribution in [0.5, 0.6) is 0 Å². The van der Waals surface area contributed by atoms with Crippen LogP contribution in [0.25, 0.3) is 10.6 Å². The summed E-state index contributed by atoms with van der Waals surface area (Å²) in [5.41, 5.74) is 3.47. The molecule has 5 heteroatoms. The van der Waals surface area contributed by atoms with E-state index >= 15 is 0 Å². The van der Waals surface area contributed by atoms with Crippen LogP contribution in [0.15, 0.2) is 53.9 Å². The largest absolute Gasteiger partial charge is 0.335 e. The Bertz CT molecular complexity index is 766. The molecule has 0 bridgehead atoms. The van der Waals surface area contributed by atoms with Crippen molar-refractivity contribution >= 4 is 34.5 Å². The first-order valence-electron chi connectivity index (χ1n) is 7.41. The van der Waals surface area contributed by atoms with Crippen LogP contribution in [0.2, 0.25) is 10.0 Å².